The lowest BCUT2D eigenvalue weighted by Gasteiger charge is -2.11. The monoisotopic (exact) mass is 275 g/mol. The van der Waals surface area contributed by atoms with Gasteiger partial charge in [-0.15, -0.1) is 0 Å². The van der Waals surface area contributed by atoms with Crippen LogP contribution in [0.5, 0.6) is 5.75 Å². The van der Waals surface area contributed by atoms with E-state index in [1.54, 1.807) is 30.3 Å². The summed E-state index contributed by atoms with van der Waals surface area (Å²) in [7, 11) is 0. The predicted octanol–water partition coefficient (Wildman–Crippen LogP) is 4.24. The number of nitrogens with zero attached hydrogens (tertiary/aromatic N) is 1. The minimum atomic E-state index is -0.390. The molecule has 2 aromatic rings. The first-order valence-corrected chi connectivity index (χ1v) is 6.06. The summed E-state index contributed by atoms with van der Waals surface area (Å²) in [6.07, 6.45) is 0. The van der Waals surface area contributed by atoms with Crippen molar-refractivity contribution >= 4 is 11.6 Å². The molecule has 0 radical (unpaired) electrons. The number of benzene rings is 2. The Morgan fingerprint density at radius 3 is 2.74 bits per heavy atom. The van der Waals surface area contributed by atoms with Crippen LogP contribution in [0.1, 0.15) is 16.7 Å². The zero-order valence-electron chi connectivity index (χ0n) is 10.3. The Hall–Kier alpha value is -2.05. The number of halogens is 2. The maximum atomic E-state index is 13.6. The molecule has 96 valence electrons. The summed E-state index contributed by atoms with van der Waals surface area (Å²) in [5.41, 5.74) is 1.72. The molecule has 0 unspecified atom stereocenters. The third-order valence-electron chi connectivity index (χ3n) is 2.74. The SMILES string of the molecule is Cc1cc(C#N)ccc1OCc1c(F)cccc1Cl. The van der Waals surface area contributed by atoms with Gasteiger partial charge >= 0.3 is 0 Å². The maximum absolute atomic E-state index is 13.6. The van der Waals surface area contributed by atoms with Crippen molar-refractivity contribution in [1.82, 2.24) is 0 Å². The van der Waals surface area contributed by atoms with Crippen LogP contribution in [0, 0.1) is 24.1 Å². The van der Waals surface area contributed by atoms with Gasteiger partial charge in [0, 0.05) is 5.56 Å². The summed E-state index contributed by atoms with van der Waals surface area (Å²) < 4.78 is 19.1. The quantitative estimate of drug-likeness (QED) is 0.839. The van der Waals surface area contributed by atoms with Crippen molar-refractivity contribution in [2.75, 3.05) is 0 Å². The zero-order valence-corrected chi connectivity index (χ0v) is 11.0. The lowest BCUT2D eigenvalue weighted by molar-refractivity contribution is 0.298. The molecule has 0 aliphatic rings. The van der Waals surface area contributed by atoms with Crippen LogP contribution in [0.15, 0.2) is 36.4 Å². The molecule has 0 aliphatic carbocycles. The van der Waals surface area contributed by atoms with Crippen LogP contribution in [-0.4, -0.2) is 0 Å². The lowest BCUT2D eigenvalue weighted by Crippen LogP contribution is -2.00. The van der Waals surface area contributed by atoms with Crippen LogP contribution in [0.3, 0.4) is 0 Å². The van der Waals surface area contributed by atoms with Crippen molar-refractivity contribution in [2.24, 2.45) is 0 Å². The standard InChI is InChI=1S/C15H11ClFNO/c1-10-7-11(8-18)5-6-15(10)19-9-12-13(16)3-2-4-14(12)17/h2-7H,9H2,1H3. The predicted molar refractivity (Wildman–Crippen MR) is 71.6 cm³/mol. The van der Waals surface area contributed by atoms with E-state index in [4.69, 9.17) is 21.6 Å². The van der Waals surface area contributed by atoms with Gasteiger partial charge in [0.05, 0.1) is 16.7 Å². The second-order valence-corrected chi connectivity index (χ2v) is 4.49. The average molecular weight is 276 g/mol. The average Bonchev–Trinajstić information content (AvgIpc) is 2.39. The summed E-state index contributed by atoms with van der Waals surface area (Å²) in [6, 6.07) is 11.6. The van der Waals surface area contributed by atoms with E-state index in [9.17, 15) is 4.39 Å². The van der Waals surface area contributed by atoms with E-state index in [-0.39, 0.29) is 6.61 Å². The Morgan fingerprint density at radius 2 is 2.11 bits per heavy atom. The summed E-state index contributed by atoms with van der Waals surface area (Å²) in [4.78, 5) is 0. The molecular formula is C15H11ClFNO. The first kappa shape index (κ1) is 13.4. The van der Waals surface area contributed by atoms with Gasteiger partial charge in [0.1, 0.15) is 18.2 Å². The van der Waals surface area contributed by atoms with Crippen LogP contribution in [0.4, 0.5) is 4.39 Å². The Morgan fingerprint density at radius 1 is 1.32 bits per heavy atom. The highest BCUT2D eigenvalue weighted by Gasteiger charge is 2.08. The summed E-state index contributed by atoms with van der Waals surface area (Å²) in [6.45, 7) is 1.89. The highest BCUT2D eigenvalue weighted by atomic mass is 35.5. The normalized spacial score (nSPS) is 10.0. The molecule has 4 heteroatoms. The molecule has 0 saturated heterocycles. The number of ether oxygens (including phenoxy) is 1. The van der Waals surface area contributed by atoms with E-state index in [2.05, 4.69) is 6.07 Å². The Kier molecular flexibility index (Phi) is 4.03. The third-order valence-corrected chi connectivity index (χ3v) is 3.09. The van der Waals surface area contributed by atoms with Crippen molar-refractivity contribution in [1.29, 1.82) is 5.26 Å². The molecule has 0 saturated carbocycles. The fraction of sp³-hybridized carbons (Fsp3) is 0.133. The van der Waals surface area contributed by atoms with Gasteiger partial charge in [-0.3, -0.25) is 0 Å². The molecule has 2 rings (SSSR count). The Balaban J connectivity index is 2.17. The molecule has 0 bridgehead atoms. The molecule has 0 atom stereocenters. The second kappa shape index (κ2) is 5.73. The van der Waals surface area contributed by atoms with Crippen LogP contribution < -0.4 is 4.74 Å². The lowest BCUT2D eigenvalue weighted by atomic mass is 10.1. The molecule has 0 spiro atoms. The van der Waals surface area contributed by atoms with Gasteiger partial charge in [-0.25, -0.2) is 4.39 Å². The van der Waals surface area contributed by atoms with E-state index in [0.717, 1.165) is 5.56 Å². The number of hydrogen-bond acceptors (Lipinski definition) is 2. The highest BCUT2D eigenvalue weighted by molar-refractivity contribution is 6.31. The van der Waals surface area contributed by atoms with Crippen LogP contribution >= 0.6 is 11.6 Å². The first-order chi connectivity index (χ1) is 9.11. The number of rotatable bonds is 3. The summed E-state index contributed by atoms with van der Waals surface area (Å²) >= 11 is 5.92. The topological polar surface area (TPSA) is 33.0 Å². The van der Waals surface area contributed by atoms with Crippen LogP contribution in [0.2, 0.25) is 5.02 Å². The van der Waals surface area contributed by atoms with Gasteiger partial charge in [0.15, 0.2) is 0 Å². The molecule has 19 heavy (non-hydrogen) atoms. The fourth-order valence-corrected chi connectivity index (χ4v) is 1.92. The molecular weight excluding hydrogens is 265 g/mol. The molecule has 0 aliphatic heterocycles. The number of aryl methyl sites for hydroxylation is 1. The van der Waals surface area contributed by atoms with E-state index >= 15 is 0 Å². The molecule has 0 fully saturated rings. The maximum Gasteiger partial charge on any atom is 0.131 e. The third kappa shape index (κ3) is 3.04. The minimum Gasteiger partial charge on any atom is -0.488 e. The molecule has 0 aromatic heterocycles. The van der Waals surface area contributed by atoms with E-state index in [0.29, 0.717) is 21.9 Å². The van der Waals surface area contributed by atoms with Gasteiger partial charge in [-0.1, -0.05) is 17.7 Å². The van der Waals surface area contributed by atoms with Gasteiger partial charge in [-0.05, 0) is 42.8 Å². The van der Waals surface area contributed by atoms with Gasteiger partial charge in [0.25, 0.3) is 0 Å². The van der Waals surface area contributed by atoms with E-state index in [1.165, 1.54) is 6.07 Å². The Bertz CT molecular complexity index is 629. The molecule has 2 aromatic carbocycles. The number of nitriles is 1. The molecule has 0 N–H and O–H groups in total. The Labute approximate surface area is 116 Å². The van der Waals surface area contributed by atoms with Gasteiger partial charge < -0.3 is 4.74 Å². The largest absolute Gasteiger partial charge is 0.488 e. The molecule has 2 nitrogen and oxygen atoms in total. The fourth-order valence-electron chi connectivity index (χ4n) is 1.70. The first-order valence-electron chi connectivity index (χ1n) is 5.68. The van der Waals surface area contributed by atoms with E-state index < -0.39 is 5.82 Å². The van der Waals surface area contributed by atoms with Crippen LogP contribution in [-0.2, 0) is 6.61 Å². The second-order valence-electron chi connectivity index (χ2n) is 4.08. The van der Waals surface area contributed by atoms with E-state index in [1.807, 2.05) is 6.92 Å². The van der Waals surface area contributed by atoms with Gasteiger partial charge in [0.2, 0.25) is 0 Å². The van der Waals surface area contributed by atoms with Crippen molar-refractivity contribution in [3.63, 3.8) is 0 Å². The minimum absolute atomic E-state index is 0.0538. The van der Waals surface area contributed by atoms with Crippen molar-refractivity contribution in [2.45, 2.75) is 13.5 Å². The summed E-state index contributed by atoms with van der Waals surface area (Å²) in [5, 5.41) is 9.11. The van der Waals surface area contributed by atoms with Gasteiger partial charge in [-0.2, -0.15) is 5.26 Å². The van der Waals surface area contributed by atoms with Crippen LogP contribution in [0.25, 0.3) is 0 Å². The van der Waals surface area contributed by atoms with Crippen molar-refractivity contribution in [3.8, 4) is 11.8 Å². The highest BCUT2D eigenvalue weighted by Crippen LogP contribution is 2.24. The smallest absolute Gasteiger partial charge is 0.131 e. The summed E-state index contributed by atoms with van der Waals surface area (Å²) in [5.74, 6) is 0.220. The van der Waals surface area contributed by atoms with Crippen molar-refractivity contribution in [3.05, 3.63) is 63.9 Å². The van der Waals surface area contributed by atoms with Crippen molar-refractivity contribution < 1.29 is 9.13 Å². The zero-order chi connectivity index (χ0) is 13.8. The molecule has 0 heterocycles. The molecule has 0 amide bonds. The number of hydrogen-bond donors (Lipinski definition) is 0.